The Labute approximate surface area is 250 Å². The number of nitrogens with two attached hydrogens (primary N) is 1. The van der Waals surface area contributed by atoms with Crippen LogP contribution in [0.2, 0.25) is 5.15 Å². The number of benzene rings is 3. The first kappa shape index (κ1) is 28.3. The second-order valence-corrected chi connectivity index (χ2v) is 10.7. The van der Waals surface area contributed by atoms with Crippen molar-refractivity contribution in [2.45, 2.75) is 51.3 Å². The summed E-state index contributed by atoms with van der Waals surface area (Å²) < 4.78 is 28.1. The van der Waals surface area contributed by atoms with E-state index in [1.54, 1.807) is 0 Å². The normalized spacial score (nSPS) is 20.3. The molecule has 8 nitrogen and oxygen atoms in total. The Balaban J connectivity index is 1.33. The van der Waals surface area contributed by atoms with E-state index in [9.17, 15) is 0 Å². The minimum absolute atomic E-state index is 0.0891. The van der Waals surface area contributed by atoms with Gasteiger partial charge in [-0.15, -0.1) is 0 Å². The number of fused-ring (bicyclic) bond motifs is 1. The van der Waals surface area contributed by atoms with Gasteiger partial charge in [0.25, 0.3) is 0 Å². The lowest BCUT2D eigenvalue weighted by Gasteiger charge is -2.26. The molecule has 0 unspecified atom stereocenters. The van der Waals surface area contributed by atoms with E-state index in [1.807, 2.05) is 109 Å². The van der Waals surface area contributed by atoms with Gasteiger partial charge < -0.3 is 29.2 Å². The maximum atomic E-state index is 6.73. The highest BCUT2D eigenvalue weighted by atomic mass is 35.5. The Morgan fingerprint density at radius 1 is 0.786 bits per heavy atom. The lowest BCUT2D eigenvalue weighted by Crippen LogP contribution is -2.38. The van der Waals surface area contributed by atoms with Gasteiger partial charge in [-0.3, -0.25) is 0 Å². The maximum Gasteiger partial charge on any atom is 0.223 e. The Hall–Kier alpha value is -3.79. The largest absolute Gasteiger partial charge is 0.374 e. The molecule has 3 heterocycles. The monoisotopic (exact) mass is 584 g/mol. The lowest BCUT2D eigenvalue weighted by atomic mass is 10.1. The van der Waals surface area contributed by atoms with Crippen LogP contribution in [0.25, 0.3) is 11.0 Å². The molecule has 0 aliphatic carbocycles. The summed E-state index contributed by atoms with van der Waals surface area (Å²) in [6.07, 6.45) is 0.0127. The second kappa shape index (κ2) is 13.0. The number of nitrogens with zero attached hydrogens (tertiary/aromatic N) is 3. The number of anilines is 1. The van der Waals surface area contributed by atoms with Gasteiger partial charge in [0.2, 0.25) is 5.95 Å². The molecule has 1 aliphatic heterocycles. The summed E-state index contributed by atoms with van der Waals surface area (Å²) in [5.41, 5.74) is 10.7. The molecule has 1 fully saturated rings. The number of aromatic nitrogens is 3. The number of halogens is 1. The average molecular weight is 585 g/mol. The van der Waals surface area contributed by atoms with Gasteiger partial charge in [-0.2, -0.15) is 4.98 Å². The first-order valence-electron chi connectivity index (χ1n) is 13.9. The van der Waals surface area contributed by atoms with Crippen molar-refractivity contribution in [3.8, 4) is 0 Å². The summed E-state index contributed by atoms with van der Waals surface area (Å²) in [5, 5.41) is 1.02. The van der Waals surface area contributed by atoms with Crippen molar-refractivity contribution in [3.63, 3.8) is 0 Å². The lowest BCUT2D eigenvalue weighted by molar-refractivity contribution is -0.0913. The fraction of sp³-hybridized carbons (Fsp3) is 0.273. The summed E-state index contributed by atoms with van der Waals surface area (Å²) >= 11 is 6.51. The molecule has 1 saturated heterocycles. The zero-order chi connectivity index (χ0) is 28.9. The molecule has 2 N–H and O–H groups in total. The first-order valence-corrected chi connectivity index (χ1v) is 14.3. The van der Waals surface area contributed by atoms with Crippen LogP contribution in [0.4, 0.5) is 5.95 Å². The zero-order valence-electron chi connectivity index (χ0n) is 23.3. The molecule has 216 valence electrons. The predicted octanol–water partition coefficient (Wildman–Crippen LogP) is 6.26. The number of hydrogen-bond acceptors (Lipinski definition) is 7. The molecule has 9 heteroatoms. The summed E-state index contributed by atoms with van der Waals surface area (Å²) in [6, 6.07) is 30.2. The van der Waals surface area contributed by atoms with Crippen molar-refractivity contribution in [2.24, 2.45) is 0 Å². The van der Waals surface area contributed by atoms with Crippen LogP contribution in [0.15, 0.2) is 97.2 Å². The van der Waals surface area contributed by atoms with Crippen LogP contribution in [-0.2, 0) is 38.8 Å². The third-order valence-corrected chi connectivity index (χ3v) is 7.63. The quantitative estimate of drug-likeness (QED) is 0.183. The Morgan fingerprint density at radius 2 is 1.33 bits per heavy atom. The van der Waals surface area contributed by atoms with Crippen LogP contribution in [0.5, 0.6) is 0 Å². The summed E-state index contributed by atoms with van der Waals surface area (Å²) in [7, 11) is 0. The SMILES string of the molecule is Cc1cn([C@@H]2O[C@H](COCc3ccccc3)[C@@H](OCc3ccccc3)[C@@H]2OCc2ccccc2)c2nc(N)nc(Cl)c12. The van der Waals surface area contributed by atoms with Gasteiger partial charge in [-0.05, 0) is 29.2 Å². The number of hydrogen-bond donors (Lipinski definition) is 1. The molecule has 4 atom stereocenters. The third kappa shape index (κ3) is 6.33. The van der Waals surface area contributed by atoms with E-state index in [4.69, 9.17) is 36.3 Å². The van der Waals surface area contributed by atoms with Crippen molar-refractivity contribution >= 4 is 28.6 Å². The standard InChI is InChI=1S/C33H33ClN4O4/c1-22-17-38(31-27(22)30(34)36-33(35)37-31)32-29(41-20-25-15-9-4-10-16-25)28(40-19-24-13-7-3-8-14-24)26(42-32)21-39-18-23-11-5-2-6-12-23/h2-17,26,28-29,32H,18-21H2,1H3,(H2,35,36,37)/t26-,28-,29+,32-/m1/s1. The van der Waals surface area contributed by atoms with Gasteiger partial charge in [-0.1, -0.05) is 103 Å². The average Bonchev–Trinajstić information content (AvgIpc) is 3.52. The highest BCUT2D eigenvalue weighted by molar-refractivity contribution is 6.34. The zero-order valence-corrected chi connectivity index (χ0v) is 24.1. The van der Waals surface area contributed by atoms with Gasteiger partial charge in [-0.25, -0.2) is 4.98 Å². The van der Waals surface area contributed by atoms with Crippen LogP contribution < -0.4 is 5.73 Å². The maximum absolute atomic E-state index is 6.73. The predicted molar refractivity (Wildman–Crippen MR) is 162 cm³/mol. The topological polar surface area (TPSA) is 93.7 Å². The first-order chi connectivity index (χ1) is 20.6. The van der Waals surface area contributed by atoms with Crippen LogP contribution in [0.1, 0.15) is 28.5 Å². The molecule has 2 aromatic heterocycles. The van der Waals surface area contributed by atoms with Crippen LogP contribution in [0.3, 0.4) is 0 Å². The molecule has 0 saturated carbocycles. The van der Waals surface area contributed by atoms with Crippen molar-refractivity contribution in [1.29, 1.82) is 0 Å². The number of nitrogen functional groups attached to an aromatic ring is 1. The Bertz CT molecular complexity index is 1600. The van der Waals surface area contributed by atoms with Crippen molar-refractivity contribution in [3.05, 3.63) is 125 Å². The van der Waals surface area contributed by atoms with Gasteiger partial charge in [0, 0.05) is 6.20 Å². The van der Waals surface area contributed by atoms with Crippen molar-refractivity contribution < 1.29 is 18.9 Å². The third-order valence-electron chi connectivity index (χ3n) is 7.36. The molecule has 42 heavy (non-hydrogen) atoms. The van der Waals surface area contributed by atoms with Gasteiger partial charge in [0.15, 0.2) is 6.23 Å². The molecule has 0 spiro atoms. The van der Waals surface area contributed by atoms with Crippen LogP contribution >= 0.6 is 11.6 Å². The van der Waals surface area contributed by atoms with E-state index in [1.165, 1.54) is 0 Å². The highest BCUT2D eigenvalue weighted by Crippen LogP contribution is 2.39. The summed E-state index contributed by atoms with van der Waals surface area (Å²) in [5.74, 6) is 0.0891. The minimum atomic E-state index is -0.582. The molecular weight excluding hydrogens is 552 g/mol. The molecule has 5 aromatic rings. The Morgan fingerprint density at radius 3 is 1.93 bits per heavy atom. The van der Waals surface area contributed by atoms with Crippen molar-refractivity contribution in [2.75, 3.05) is 12.3 Å². The fourth-order valence-electron chi connectivity index (χ4n) is 5.34. The molecule has 3 aromatic carbocycles. The van der Waals surface area contributed by atoms with E-state index in [2.05, 4.69) is 9.97 Å². The number of ether oxygens (including phenoxy) is 4. The van der Waals surface area contributed by atoms with Gasteiger partial charge in [0.1, 0.15) is 29.1 Å². The summed E-state index contributed by atoms with van der Waals surface area (Å²) in [6.45, 7) is 3.50. The van der Waals surface area contributed by atoms with Gasteiger partial charge in [0.05, 0.1) is 31.8 Å². The fourth-order valence-corrected chi connectivity index (χ4v) is 5.66. The van der Waals surface area contributed by atoms with Crippen molar-refractivity contribution in [1.82, 2.24) is 14.5 Å². The second-order valence-electron chi connectivity index (χ2n) is 10.4. The molecular formula is C33H33ClN4O4. The molecule has 0 amide bonds. The smallest absolute Gasteiger partial charge is 0.223 e. The van der Waals surface area contributed by atoms with Gasteiger partial charge >= 0.3 is 0 Å². The van der Waals surface area contributed by atoms with E-state index in [0.29, 0.717) is 37.2 Å². The molecule has 6 rings (SSSR count). The number of rotatable bonds is 11. The Kier molecular flexibility index (Phi) is 8.79. The van der Waals surface area contributed by atoms with Crippen LogP contribution in [-0.4, -0.2) is 39.5 Å². The van der Waals surface area contributed by atoms with E-state index < -0.39 is 24.5 Å². The molecule has 1 aliphatic rings. The summed E-state index contributed by atoms with van der Waals surface area (Å²) in [4.78, 5) is 8.70. The number of aryl methyl sites for hydroxylation is 1. The van der Waals surface area contributed by atoms with Crippen LogP contribution in [0, 0.1) is 6.92 Å². The van der Waals surface area contributed by atoms with E-state index in [-0.39, 0.29) is 5.95 Å². The van der Waals surface area contributed by atoms with E-state index >= 15 is 0 Å². The minimum Gasteiger partial charge on any atom is -0.374 e. The highest BCUT2D eigenvalue weighted by Gasteiger charge is 2.48. The molecule has 0 bridgehead atoms. The molecule has 0 radical (unpaired) electrons. The van der Waals surface area contributed by atoms with E-state index in [0.717, 1.165) is 27.6 Å².